The molecule has 0 unspecified atom stereocenters. The molecule has 2 heterocycles. The van der Waals surface area contributed by atoms with E-state index in [0.29, 0.717) is 24.1 Å². The van der Waals surface area contributed by atoms with Crippen LogP contribution in [0.2, 0.25) is 0 Å². The van der Waals surface area contributed by atoms with Gasteiger partial charge in [-0.3, -0.25) is 19.0 Å². The summed E-state index contributed by atoms with van der Waals surface area (Å²) in [7, 11) is 0. The van der Waals surface area contributed by atoms with Crippen molar-refractivity contribution < 1.29 is 14.7 Å². The second kappa shape index (κ2) is 10.6. The molecule has 2 amide bonds. The normalized spacial score (nSPS) is 11.4. The van der Waals surface area contributed by atoms with Crippen LogP contribution in [0.1, 0.15) is 42.3 Å². The van der Waals surface area contributed by atoms with Gasteiger partial charge in [0, 0.05) is 43.2 Å². The van der Waals surface area contributed by atoms with E-state index in [-0.39, 0.29) is 31.2 Å². The number of amides is 2. The first kappa shape index (κ1) is 25.1. The van der Waals surface area contributed by atoms with Crippen molar-refractivity contribution in [3.05, 3.63) is 75.7 Å². The van der Waals surface area contributed by atoms with Crippen molar-refractivity contribution in [2.75, 3.05) is 19.7 Å². The molecule has 8 nitrogen and oxygen atoms in total. The molecule has 3 rings (SSSR count). The number of carbonyl (C=O) groups is 2. The maximum absolute atomic E-state index is 13.3. The van der Waals surface area contributed by atoms with Crippen LogP contribution in [0.15, 0.2) is 53.5 Å². The van der Waals surface area contributed by atoms with Crippen LogP contribution in [0.5, 0.6) is 0 Å². The second-order valence-corrected chi connectivity index (χ2v) is 9.26. The Hall–Kier alpha value is -3.52. The zero-order valence-electron chi connectivity index (χ0n) is 20.2. The Morgan fingerprint density at radius 2 is 1.88 bits per heavy atom. The van der Waals surface area contributed by atoms with Crippen molar-refractivity contribution in [1.29, 1.82) is 0 Å². The van der Waals surface area contributed by atoms with E-state index < -0.39 is 16.9 Å². The molecular weight excluding hydrogens is 432 g/mol. The number of fused-ring (bicyclic) bond motifs is 1. The van der Waals surface area contributed by atoms with Crippen LogP contribution in [0.4, 0.5) is 0 Å². The van der Waals surface area contributed by atoms with Gasteiger partial charge in [0.1, 0.15) is 17.8 Å². The number of nitrogens with one attached hydrogen (secondary N) is 1. The summed E-state index contributed by atoms with van der Waals surface area (Å²) in [6.45, 7) is 8.30. The van der Waals surface area contributed by atoms with Crippen molar-refractivity contribution in [3.63, 3.8) is 0 Å². The molecule has 2 N–H and O–H groups in total. The minimum absolute atomic E-state index is 0.0425. The van der Waals surface area contributed by atoms with E-state index in [1.165, 1.54) is 10.6 Å². The molecule has 180 valence electrons. The number of aliphatic hydroxyl groups is 1. The Morgan fingerprint density at radius 1 is 1.18 bits per heavy atom. The van der Waals surface area contributed by atoms with Crippen LogP contribution in [0.3, 0.4) is 0 Å². The summed E-state index contributed by atoms with van der Waals surface area (Å²) >= 11 is 0. The number of nitrogens with zero attached hydrogens (tertiary/aromatic N) is 3. The number of likely N-dealkylation sites (N-methyl/N-ethyl adjacent to an activating group) is 1. The summed E-state index contributed by atoms with van der Waals surface area (Å²) in [6, 6.07) is 12.7. The van der Waals surface area contributed by atoms with Crippen molar-refractivity contribution in [1.82, 2.24) is 19.8 Å². The van der Waals surface area contributed by atoms with Crippen LogP contribution in [0, 0.1) is 12.3 Å². The van der Waals surface area contributed by atoms with Gasteiger partial charge in [-0.15, -0.1) is 0 Å². The minimum Gasteiger partial charge on any atom is -0.396 e. The Bertz CT molecular complexity index is 1230. The fourth-order valence-electron chi connectivity index (χ4n) is 3.68. The highest BCUT2D eigenvalue weighted by atomic mass is 16.3. The van der Waals surface area contributed by atoms with Gasteiger partial charge in [0.15, 0.2) is 0 Å². The lowest BCUT2D eigenvalue weighted by molar-refractivity contribution is -0.133. The quantitative estimate of drug-likeness (QED) is 0.506. The van der Waals surface area contributed by atoms with Gasteiger partial charge >= 0.3 is 0 Å². The van der Waals surface area contributed by atoms with E-state index in [2.05, 4.69) is 10.3 Å². The van der Waals surface area contributed by atoms with Gasteiger partial charge in [0.2, 0.25) is 5.91 Å². The highest BCUT2D eigenvalue weighted by molar-refractivity contribution is 5.97. The summed E-state index contributed by atoms with van der Waals surface area (Å²) in [5.74, 6) is -0.790. The summed E-state index contributed by atoms with van der Waals surface area (Å²) in [6.07, 6.45) is 1.55. The zero-order valence-corrected chi connectivity index (χ0v) is 20.2. The molecule has 0 aliphatic rings. The standard InChI is InChI=1S/C26H32N4O4/c1-5-29(16-26(3,4)17-31)22(32)15-30-23-20(7-6-12-27-23)13-21(25(30)34)24(33)28-14-19-10-8-18(2)9-11-19/h6-13,31H,5,14-17H2,1-4H3,(H,28,33). The second-order valence-electron chi connectivity index (χ2n) is 9.26. The number of aliphatic hydroxyl groups excluding tert-OH is 1. The van der Waals surface area contributed by atoms with E-state index in [4.69, 9.17) is 0 Å². The highest BCUT2D eigenvalue weighted by Crippen LogP contribution is 2.17. The van der Waals surface area contributed by atoms with Crippen LogP contribution in [-0.2, 0) is 17.9 Å². The predicted molar refractivity (Wildman–Crippen MR) is 131 cm³/mol. The van der Waals surface area contributed by atoms with Gasteiger partial charge in [-0.1, -0.05) is 43.7 Å². The minimum atomic E-state index is -0.571. The monoisotopic (exact) mass is 464 g/mol. The van der Waals surface area contributed by atoms with Gasteiger partial charge < -0.3 is 15.3 Å². The van der Waals surface area contributed by atoms with Crippen molar-refractivity contribution in [2.24, 2.45) is 5.41 Å². The Balaban J connectivity index is 1.91. The molecule has 0 saturated heterocycles. The largest absolute Gasteiger partial charge is 0.396 e. The third kappa shape index (κ3) is 5.88. The Morgan fingerprint density at radius 3 is 2.53 bits per heavy atom. The van der Waals surface area contributed by atoms with Crippen LogP contribution < -0.4 is 10.9 Å². The molecule has 0 aliphatic carbocycles. The molecule has 0 saturated carbocycles. The number of pyridine rings is 2. The third-order valence-electron chi connectivity index (χ3n) is 5.74. The van der Waals surface area contributed by atoms with E-state index >= 15 is 0 Å². The molecule has 1 aromatic carbocycles. The fraction of sp³-hybridized carbons (Fsp3) is 0.385. The van der Waals surface area contributed by atoms with Crippen molar-refractivity contribution in [2.45, 2.75) is 40.8 Å². The average Bonchev–Trinajstić information content (AvgIpc) is 2.83. The zero-order chi connectivity index (χ0) is 24.9. The fourth-order valence-corrected chi connectivity index (χ4v) is 3.68. The van der Waals surface area contributed by atoms with Gasteiger partial charge in [-0.2, -0.15) is 0 Å². The molecule has 8 heteroatoms. The number of rotatable bonds is 9. The van der Waals surface area contributed by atoms with E-state index in [0.717, 1.165) is 11.1 Å². The lowest BCUT2D eigenvalue weighted by Gasteiger charge is -2.31. The molecular formula is C26H32N4O4. The molecule has 3 aromatic rings. The van der Waals surface area contributed by atoms with Crippen LogP contribution >= 0.6 is 0 Å². The van der Waals surface area contributed by atoms with E-state index in [9.17, 15) is 19.5 Å². The van der Waals surface area contributed by atoms with Gasteiger partial charge in [-0.05, 0) is 37.6 Å². The number of carbonyl (C=O) groups excluding carboxylic acids is 2. The third-order valence-corrected chi connectivity index (χ3v) is 5.74. The molecule has 0 bridgehead atoms. The summed E-state index contributed by atoms with van der Waals surface area (Å²) in [4.78, 5) is 45.3. The van der Waals surface area contributed by atoms with Gasteiger partial charge in [-0.25, -0.2) is 4.98 Å². The lowest BCUT2D eigenvalue weighted by atomic mass is 9.94. The molecule has 0 atom stereocenters. The number of benzene rings is 1. The highest BCUT2D eigenvalue weighted by Gasteiger charge is 2.25. The topological polar surface area (TPSA) is 105 Å². The average molecular weight is 465 g/mol. The van der Waals surface area contributed by atoms with Crippen molar-refractivity contribution >= 4 is 22.8 Å². The summed E-state index contributed by atoms with van der Waals surface area (Å²) in [5, 5.41) is 13.0. The lowest BCUT2D eigenvalue weighted by Crippen LogP contribution is -2.43. The SMILES string of the molecule is CCN(CC(C)(C)CO)C(=O)Cn1c(=O)c(C(=O)NCc2ccc(C)cc2)cc2cccnc21. The number of hydrogen-bond donors (Lipinski definition) is 2. The van der Waals surface area contributed by atoms with E-state index in [1.807, 2.05) is 52.0 Å². The first-order valence-corrected chi connectivity index (χ1v) is 11.4. The first-order chi connectivity index (χ1) is 16.1. The van der Waals surface area contributed by atoms with E-state index in [1.54, 1.807) is 23.2 Å². The predicted octanol–water partition coefficient (Wildman–Crippen LogP) is 2.50. The van der Waals surface area contributed by atoms with Gasteiger partial charge in [0.05, 0.1) is 0 Å². The molecule has 0 radical (unpaired) electrons. The summed E-state index contributed by atoms with van der Waals surface area (Å²) in [5.41, 5.74) is 1.29. The summed E-state index contributed by atoms with van der Waals surface area (Å²) < 4.78 is 1.26. The molecule has 0 aliphatic heterocycles. The van der Waals surface area contributed by atoms with Crippen molar-refractivity contribution in [3.8, 4) is 0 Å². The van der Waals surface area contributed by atoms with Crippen LogP contribution in [0.25, 0.3) is 11.0 Å². The first-order valence-electron chi connectivity index (χ1n) is 11.4. The van der Waals surface area contributed by atoms with Crippen LogP contribution in [-0.4, -0.2) is 51.1 Å². The Kier molecular flexibility index (Phi) is 7.83. The maximum atomic E-state index is 13.3. The maximum Gasteiger partial charge on any atom is 0.265 e. The molecule has 34 heavy (non-hydrogen) atoms. The van der Waals surface area contributed by atoms with Gasteiger partial charge in [0.25, 0.3) is 11.5 Å². The smallest absolute Gasteiger partial charge is 0.265 e. The Labute approximate surface area is 199 Å². The number of hydrogen-bond acceptors (Lipinski definition) is 5. The molecule has 2 aromatic heterocycles. The number of aryl methyl sites for hydroxylation is 1. The molecule has 0 fully saturated rings. The molecule has 0 spiro atoms. The number of aromatic nitrogens is 2.